The summed E-state index contributed by atoms with van der Waals surface area (Å²) < 4.78 is 24.3. The number of anilines is 1. The van der Waals surface area contributed by atoms with Crippen LogP contribution in [0.3, 0.4) is 0 Å². The normalized spacial score (nSPS) is 17.8. The van der Waals surface area contributed by atoms with Crippen molar-refractivity contribution in [2.24, 2.45) is 0 Å². The molecule has 1 N–H and O–H groups in total. The van der Waals surface area contributed by atoms with Gasteiger partial charge in [-0.15, -0.1) is 0 Å². The molecule has 1 saturated heterocycles. The highest BCUT2D eigenvalue weighted by Gasteiger charge is 2.42. The number of ether oxygens (including phenoxy) is 4. The van der Waals surface area contributed by atoms with E-state index in [0.717, 1.165) is 45.5 Å². The molecule has 4 heterocycles. The third kappa shape index (κ3) is 4.74. The molecule has 0 bridgehead atoms. The van der Waals surface area contributed by atoms with Crippen molar-refractivity contribution in [3.05, 3.63) is 94.5 Å². The quantitative estimate of drug-likeness (QED) is 0.200. The average molecular weight is 577 g/mol. The first-order chi connectivity index (χ1) is 19.5. The number of nitrogens with zero attached hydrogens (tertiary/aromatic N) is 3. The Morgan fingerprint density at radius 3 is 2.62 bits per heavy atom. The number of pyridine rings is 1. The van der Waals surface area contributed by atoms with Crippen LogP contribution in [-0.4, -0.2) is 41.8 Å². The monoisotopic (exact) mass is 576 g/mol. The zero-order valence-corrected chi connectivity index (χ0v) is 24.0. The Morgan fingerprint density at radius 2 is 1.85 bits per heavy atom. The molecule has 2 aliphatic heterocycles. The number of methoxy groups -OCH3 is 1. The minimum Gasteiger partial charge on any atom is -0.490 e. The van der Waals surface area contributed by atoms with Crippen LogP contribution in [0.4, 0.5) is 5.69 Å². The number of nitrogens with one attached hydrogen (secondary N) is 1. The maximum Gasteiger partial charge on any atom is 0.231 e. The van der Waals surface area contributed by atoms with Crippen molar-refractivity contribution >= 4 is 34.6 Å². The fourth-order valence-electron chi connectivity index (χ4n) is 5.45. The summed E-state index contributed by atoms with van der Waals surface area (Å²) in [5, 5.41) is 4.63. The van der Waals surface area contributed by atoms with Crippen molar-refractivity contribution in [2.75, 3.05) is 32.0 Å². The molecular weight excluding hydrogens is 548 g/mol. The van der Waals surface area contributed by atoms with Crippen LogP contribution in [-0.2, 0) is 4.74 Å². The van der Waals surface area contributed by atoms with Gasteiger partial charge < -0.3 is 33.7 Å². The molecule has 0 spiro atoms. The zero-order chi connectivity index (χ0) is 27.8. The summed E-state index contributed by atoms with van der Waals surface area (Å²) in [4.78, 5) is 6.80. The van der Waals surface area contributed by atoms with E-state index in [9.17, 15) is 0 Å². The molecule has 0 saturated carbocycles. The van der Waals surface area contributed by atoms with Gasteiger partial charge in [-0.25, -0.2) is 0 Å². The first-order valence-electron chi connectivity index (χ1n) is 13.0. The topological polar surface area (TPSA) is 70.0 Å². The van der Waals surface area contributed by atoms with Gasteiger partial charge in [-0.2, -0.15) is 0 Å². The number of halogens is 1. The second kappa shape index (κ2) is 11.0. The summed E-state index contributed by atoms with van der Waals surface area (Å²) in [7, 11) is 1.64. The Balaban J connectivity index is 1.43. The average Bonchev–Trinajstić information content (AvgIpc) is 3.64. The van der Waals surface area contributed by atoms with Crippen molar-refractivity contribution < 1.29 is 18.9 Å². The van der Waals surface area contributed by atoms with Gasteiger partial charge in [-0.1, -0.05) is 17.7 Å². The van der Waals surface area contributed by atoms with Crippen molar-refractivity contribution in [2.45, 2.75) is 25.9 Å². The predicted molar refractivity (Wildman–Crippen MR) is 158 cm³/mol. The van der Waals surface area contributed by atoms with E-state index in [4.69, 9.17) is 42.8 Å². The molecule has 4 aromatic rings. The number of aryl methyl sites for hydroxylation is 1. The van der Waals surface area contributed by atoms with Crippen molar-refractivity contribution in [1.29, 1.82) is 0 Å². The van der Waals surface area contributed by atoms with Crippen LogP contribution in [0.2, 0.25) is 5.02 Å². The van der Waals surface area contributed by atoms with Crippen LogP contribution in [0.5, 0.6) is 17.2 Å². The van der Waals surface area contributed by atoms with Gasteiger partial charge in [0.25, 0.3) is 0 Å². The fraction of sp³-hybridized carbons (Fsp3) is 0.267. The molecule has 206 valence electrons. The molecule has 0 unspecified atom stereocenters. The first kappa shape index (κ1) is 26.4. The van der Waals surface area contributed by atoms with Crippen LogP contribution < -0.4 is 24.4 Å². The molecule has 2 aromatic heterocycles. The van der Waals surface area contributed by atoms with Crippen LogP contribution in [0.1, 0.15) is 34.7 Å². The number of benzene rings is 2. The van der Waals surface area contributed by atoms with E-state index in [-0.39, 0.29) is 18.9 Å². The Labute approximate surface area is 243 Å². The highest BCUT2D eigenvalue weighted by atomic mass is 35.5. The lowest BCUT2D eigenvalue weighted by atomic mass is 9.96. The largest absolute Gasteiger partial charge is 0.490 e. The molecular formula is C30H29ClN4O4S. The minimum absolute atomic E-state index is 0.184. The summed E-state index contributed by atoms with van der Waals surface area (Å²) in [5.41, 5.74) is 6.05. The van der Waals surface area contributed by atoms with Gasteiger partial charge in [0.2, 0.25) is 6.79 Å². The van der Waals surface area contributed by atoms with Crippen LogP contribution in [0.25, 0.3) is 5.69 Å². The summed E-state index contributed by atoms with van der Waals surface area (Å²) in [6.07, 6.45) is 1.80. The molecule has 6 rings (SSSR count). The number of aromatic nitrogens is 2. The molecule has 1 fully saturated rings. The highest BCUT2D eigenvalue weighted by Crippen LogP contribution is 2.45. The third-order valence-electron chi connectivity index (χ3n) is 7.24. The van der Waals surface area contributed by atoms with E-state index in [0.29, 0.717) is 29.1 Å². The van der Waals surface area contributed by atoms with Crippen molar-refractivity contribution in [1.82, 2.24) is 14.9 Å². The molecule has 0 amide bonds. The lowest BCUT2D eigenvalue weighted by Crippen LogP contribution is -2.29. The summed E-state index contributed by atoms with van der Waals surface area (Å²) in [5.74, 6) is 2.09. The fourth-order valence-corrected chi connectivity index (χ4v) is 6.02. The van der Waals surface area contributed by atoms with E-state index >= 15 is 0 Å². The first-order valence-corrected chi connectivity index (χ1v) is 13.8. The van der Waals surface area contributed by atoms with Gasteiger partial charge in [0, 0.05) is 42.1 Å². The standard InChI is InChI=1S/C30H29ClN4O4S/c1-18-14-22(19(2)34(18)21-8-10-26-27(16-21)39-17-38-26)29-28(24-6-4-5-11-32-24)33-30(40)35(29)20-7-9-25(23(31)15-20)37-13-12-36-3/h4-11,14-16,28-29H,12-13,17H2,1-3H3,(H,33,40)/t28-,29+/m1/s1. The summed E-state index contributed by atoms with van der Waals surface area (Å²) in [6, 6.07) is 19.5. The Hall–Kier alpha value is -3.79. The van der Waals surface area contributed by atoms with Gasteiger partial charge in [-0.05, 0) is 80.2 Å². The minimum atomic E-state index is -0.187. The Kier molecular flexibility index (Phi) is 7.27. The molecule has 10 heteroatoms. The Morgan fingerprint density at radius 1 is 1.02 bits per heavy atom. The van der Waals surface area contributed by atoms with Gasteiger partial charge in [0.1, 0.15) is 12.4 Å². The number of thiocarbonyl (C=S) groups is 1. The maximum absolute atomic E-state index is 6.67. The van der Waals surface area contributed by atoms with Crippen LogP contribution in [0, 0.1) is 13.8 Å². The molecule has 40 heavy (non-hydrogen) atoms. The van der Waals surface area contributed by atoms with E-state index in [1.54, 1.807) is 13.3 Å². The van der Waals surface area contributed by atoms with Gasteiger partial charge in [-0.3, -0.25) is 4.98 Å². The second-order valence-corrected chi connectivity index (χ2v) is 10.4. The molecule has 0 radical (unpaired) electrons. The molecule has 2 aliphatic rings. The Bertz CT molecular complexity index is 1560. The van der Waals surface area contributed by atoms with Crippen LogP contribution >= 0.6 is 23.8 Å². The summed E-state index contributed by atoms with van der Waals surface area (Å²) in [6.45, 7) is 5.35. The van der Waals surface area contributed by atoms with Gasteiger partial charge >= 0.3 is 0 Å². The predicted octanol–water partition coefficient (Wildman–Crippen LogP) is 6.07. The van der Waals surface area contributed by atoms with Crippen molar-refractivity contribution in [3.63, 3.8) is 0 Å². The maximum atomic E-state index is 6.67. The number of hydrogen-bond acceptors (Lipinski definition) is 6. The van der Waals surface area contributed by atoms with Gasteiger partial charge in [0.15, 0.2) is 16.6 Å². The summed E-state index contributed by atoms with van der Waals surface area (Å²) >= 11 is 12.6. The van der Waals surface area contributed by atoms with E-state index < -0.39 is 0 Å². The van der Waals surface area contributed by atoms with Gasteiger partial charge in [0.05, 0.1) is 29.4 Å². The smallest absolute Gasteiger partial charge is 0.231 e. The molecule has 0 aliphatic carbocycles. The number of hydrogen-bond donors (Lipinski definition) is 1. The lowest BCUT2D eigenvalue weighted by Gasteiger charge is -2.28. The number of fused-ring (bicyclic) bond motifs is 1. The molecule has 8 nitrogen and oxygen atoms in total. The van der Waals surface area contributed by atoms with E-state index in [2.05, 4.69) is 39.7 Å². The van der Waals surface area contributed by atoms with Crippen LogP contribution in [0.15, 0.2) is 66.9 Å². The zero-order valence-electron chi connectivity index (χ0n) is 22.4. The number of rotatable bonds is 8. The van der Waals surface area contributed by atoms with E-state index in [1.165, 1.54) is 0 Å². The lowest BCUT2D eigenvalue weighted by molar-refractivity contribution is 0.146. The highest BCUT2D eigenvalue weighted by molar-refractivity contribution is 7.80. The van der Waals surface area contributed by atoms with Crippen molar-refractivity contribution in [3.8, 4) is 22.9 Å². The second-order valence-electron chi connectivity index (χ2n) is 9.65. The molecule has 2 atom stereocenters. The molecule has 2 aromatic carbocycles. The third-order valence-corrected chi connectivity index (χ3v) is 7.85. The SMILES string of the molecule is COCCOc1ccc(N2C(=S)N[C@H](c3ccccn3)[C@@H]2c2cc(C)n(-c3ccc4c(c3)OCO4)c2C)cc1Cl. The van der Waals surface area contributed by atoms with E-state index in [1.807, 2.05) is 54.6 Å².